The minimum Gasteiger partial charge on any atom is -0.394 e. The van der Waals surface area contributed by atoms with Crippen molar-refractivity contribution in [2.24, 2.45) is 5.92 Å². The molecule has 0 spiro atoms. The number of aryl methyl sites for hydroxylation is 1. The van der Waals surface area contributed by atoms with Crippen LogP contribution in [0.1, 0.15) is 46.4 Å². The van der Waals surface area contributed by atoms with Crippen molar-refractivity contribution in [3.8, 4) is 0 Å². The predicted molar refractivity (Wildman–Crippen MR) is 93.0 cm³/mol. The van der Waals surface area contributed by atoms with Crippen molar-refractivity contribution >= 4 is 17.2 Å². The number of aliphatic hydroxyl groups excluding tert-OH is 1. The average molecular weight is 332 g/mol. The number of hydrogen-bond acceptors (Lipinski definition) is 3. The molecule has 124 valence electrons. The lowest BCUT2D eigenvalue weighted by Crippen LogP contribution is -2.50. The summed E-state index contributed by atoms with van der Waals surface area (Å²) in [6.07, 6.45) is 2.16. The summed E-state index contributed by atoms with van der Waals surface area (Å²) in [7, 11) is 0. The molecule has 2 aromatic rings. The largest absolute Gasteiger partial charge is 0.394 e. The number of carbonyl (C=O) groups is 1. The number of nitrogens with zero attached hydrogens (tertiary/aromatic N) is 1. The van der Waals surface area contributed by atoms with E-state index in [1.165, 1.54) is 4.88 Å². The molecule has 0 aliphatic heterocycles. The Morgan fingerprint density at radius 2 is 2.22 bits per heavy atom. The van der Waals surface area contributed by atoms with Crippen LogP contribution in [0.4, 0.5) is 0 Å². The highest BCUT2D eigenvalue weighted by atomic mass is 32.1. The number of rotatable bonds is 6. The molecule has 5 heteroatoms. The van der Waals surface area contributed by atoms with Crippen molar-refractivity contribution in [3.63, 3.8) is 0 Å². The van der Waals surface area contributed by atoms with Gasteiger partial charge < -0.3 is 15.0 Å². The minimum absolute atomic E-state index is 0.0165. The third kappa shape index (κ3) is 3.21. The first-order valence-corrected chi connectivity index (χ1v) is 8.95. The fourth-order valence-corrected chi connectivity index (χ4v) is 3.84. The maximum Gasteiger partial charge on any atom is 0.253 e. The van der Waals surface area contributed by atoms with Gasteiger partial charge in [-0.1, -0.05) is 6.07 Å². The Morgan fingerprint density at radius 1 is 1.48 bits per heavy atom. The van der Waals surface area contributed by atoms with Gasteiger partial charge in [-0.25, -0.2) is 0 Å². The first-order valence-electron chi connectivity index (χ1n) is 8.07. The van der Waals surface area contributed by atoms with E-state index in [1.54, 1.807) is 11.3 Å². The first-order chi connectivity index (χ1) is 10.9. The van der Waals surface area contributed by atoms with E-state index < -0.39 is 5.54 Å². The molecule has 1 saturated carbocycles. The molecule has 1 aliphatic carbocycles. The Labute approximate surface area is 141 Å². The van der Waals surface area contributed by atoms with Crippen LogP contribution in [0.15, 0.2) is 23.6 Å². The van der Waals surface area contributed by atoms with Gasteiger partial charge in [0.2, 0.25) is 0 Å². The first kappa shape index (κ1) is 16.3. The SMILES string of the molecule is Cc1cc(C(=O)NC(C)(CO)C2CC2)c(C)n1Cc1cccs1. The van der Waals surface area contributed by atoms with Crippen LogP contribution in [0.5, 0.6) is 0 Å². The van der Waals surface area contributed by atoms with Gasteiger partial charge in [-0.2, -0.15) is 0 Å². The van der Waals surface area contributed by atoms with Gasteiger partial charge in [-0.15, -0.1) is 11.3 Å². The number of carbonyl (C=O) groups excluding carboxylic acids is 1. The summed E-state index contributed by atoms with van der Waals surface area (Å²) in [4.78, 5) is 14.0. The molecule has 0 radical (unpaired) electrons. The number of aromatic nitrogens is 1. The average Bonchev–Trinajstić information content (AvgIpc) is 3.20. The van der Waals surface area contributed by atoms with E-state index in [0.29, 0.717) is 11.5 Å². The van der Waals surface area contributed by atoms with Crippen LogP contribution >= 0.6 is 11.3 Å². The molecular formula is C18H24N2O2S. The van der Waals surface area contributed by atoms with Crippen LogP contribution < -0.4 is 5.32 Å². The number of nitrogens with one attached hydrogen (secondary N) is 1. The molecule has 3 rings (SSSR count). The lowest BCUT2D eigenvalue weighted by atomic mass is 9.96. The maximum atomic E-state index is 12.7. The summed E-state index contributed by atoms with van der Waals surface area (Å²) >= 11 is 1.72. The molecule has 23 heavy (non-hydrogen) atoms. The molecule has 1 aliphatic rings. The van der Waals surface area contributed by atoms with Crippen molar-refractivity contribution in [2.75, 3.05) is 6.61 Å². The van der Waals surface area contributed by atoms with Gasteiger partial charge in [0.1, 0.15) is 0 Å². The van der Waals surface area contributed by atoms with Crippen molar-refractivity contribution in [3.05, 3.63) is 45.4 Å². The van der Waals surface area contributed by atoms with Crippen LogP contribution in [0.2, 0.25) is 0 Å². The third-order valence-electron chi connectivity index (χ3n) is 4.92. The van der Waals surface area contributed by atoms with Gasteiger partial charge in [0.05, 0.1) is 24.3 Å². The molecule has 1 fully saturated rings. The van der Waals surface area contributed by atoms with Crippen LogP contribution in [-0.4, -0.2) is 27.7 Å². The standard InChI is InChI=1S/C18H24N2O2S/c1-12-9-16(13(2)20(12)10-15-5-4-8-23-15)17(22)19-18(3,11-21)14-6-7-14/h4-5,8-9,14,21H,6-7,10-11H2,1-3H3,(H,19,22). The second-order valence-electron chi connectivity index (χ2n) is 6.75. The van der Waals surface area contributed by atoms with Crippen LogP contribution in [-0.2, 0) is 6.54 Å². The number of amides is 1. The van der Waals surface area contributed by atoms with Crippen LogP contribution in [0, 0.1) is 19.8 Å². The molecular weight excluding hydrogens is 308 g/mol. The highest BCUT2D eigenvalue weighted by Gasteiger charge is 2.42. The minimum atomic E-state index is -0.507. The van der Waals surface area contributed by atoms with E-state index in [4.69, 9.17) is 0 Å². The third-order valence-corrected chi connectivity index (χ3v) is 5.78. The van der Waals surface area contributed by atoms with Gasteiger partial charge in [0.25, 0.3) is 5.91 Å². The fraction of sp³-hybridized carbons (Fsp3) is 0.500. The number of hydrogen-bond donors (Lipinski definition) is 2. The summed E-state index contributed by atoms with van der Waals surface area (Å²) < 4.78 is 2.17. The summed E-state index contributed by atoms with van der Waals surface area (Å²) in [5.74, 6) is 0.310. The summed E-state index contributed by atoms with van der Waals surface area (Å²) in [6, 6.07) is 6.10. The van der Waals surface area contributed by atoms with Gasteiger partial charge in [0.15, 0.2) is 0 Å². The van der Waals surface area contributed by atoms with Crippen LogP contribution in [0.3, 0.4) is 0 Å². The van der Waals surface area contributed by atoms with Crippen molar-refractivity contribution in [1.29, 1.82) is 0 Å². The Kier molecular flexibility index (Phi) is 4.34. The molecule has 2 N–H and O–H groups in total. The smallest absolute Gasteiger partial charge is 0.253 e. The Morgan fingerprint density at radius 3 is 2.78 bits per heavy atom. The van der Waals surface area contributed by atoms with Crippen molar-refractivity contribution in [2.45, 2.75) is 45.7 Å². The van der Waals surface area contributed by atoms with Gasteiger partial charge in [-0.3, -0.25) is 4.79 Å². The highest BCUT2D eigenvalue weighted by molar-refractivity contribution is 7.09. The molecule has 0 bridgehead atoms. The summed E-state index contributed by atoms with van der Waals surface area (Å²) in [5, 5.41) is 14.8. The zero-order chi connectivity index (χ0) is 16.6. The van der Waals surface area contributed by atoms with E-state index in [-0.39, 0.29) is 12.5 Å². The van der Waals surface area contributed by atoms with E-state index in [2.05, 4.69) is 21.3 Å². The molecule has 1 atom stereocenters. The quantitative estimate of drug-likeness (QED) is 0.854. The van der Waals surface area contributed by atoms with Gasteiger partial charge >= 0.3 is 0 Å². The molecule has 1 unspecified atom stereocenters. The van der Waals surface area contributed by atoms with E-state index >= 15 is 0 Å². The zero-order valence-corrected chi connectivity index (χ0v) is 14.7. The zero-order valence-electron chi connectivity index (χ0n) is 13.9. The lowest BCUT2D eigenvalue weighted by molar-refractivity contribution is 0.0824. The monoisotopic (exact) mass is 332 g/mol. The van der Waals surface area contributed by atoms with E-state index in [1.807, 2.05) is 32.9 Å². The Bertz CT molecular complexity index is 701. The van der Waals surface area contributed by atoms with Crippen molar-refractivity contribution < 1.29 is 9.90 Å². The van der Waals surface area contributed by atoms with Gasteiger partial charge in [0, 0.05) is 16.3 Å². The van der Waals surface area contributed by atoms with Crippen LogP contribution in [0.25, 0.3) is 0 Å². The molecule has 1 amide bonds. The second kappa shape index (κ2) is 6.13. The summed E-state index contributed by atoms with van der Waals surface area (Å²) in [5.41, 5.74) is 2.26. The molecule has 2 heterocycles. The molecule has 4 nitrogen and oxygen atoms in total. The number of aliphatic hydroxyl groups is 1. The molecule has 0 saturated heterocycles. The van der Waals surface area contributed by atoms with Crippen molar-refractivity contribution in [1.82, 2.24) is 9.88 Å². The second-order valence-corrected chi connectivity index (χ2v) is 7.79. The fourth-order valence-electron chi connectivity index (χ4n) is 3.15. The lowest BCUT2D eigenvalue weighted by Gasteiger charge is -2.28. The summed E-state index contributed by atoms with van der Waals surface area (Å²) in [6.45, 7) is 6.74. The molecule has 2 aromatic heterocycles. The van der Waals surface area contributed by atoms with E-state index in [0.717, 1.165) is 30.8 Å². The molecule has 0 aromatic carbocycles. The predicted octanol–water partition coefficient (Wildman–Crippen LogP) is 3.11. The Hall–Kier alpha value is -1.59. The number of thiophene rings is 1. The maximum absolute atomic E-state index is 12.7. The van der Waals surface area contributed by atoms with E-state index in [9.17, 15) is 9.90 Å². The Balaban J connectivity index is 1.81. The highest BCUT2D eigenvalue weighted by Crippen LogP contribution is 2.39. The normalized spacial score (nSPS) is 17.0. The van der Waals surface area contributed by atoms with Gasteiger partial charge in [-0.05, 0) is 57.0 Å². The topological polar surface area (TPSA) is 54.3 Å².